The van der Waals surface area contributed by atoms with Crippen LogP contribution in [0.4, 0.5) is 5.69 Å². The topological polar surface area (TPSA) is 42.3 Å². The van der Waals surface area contributed by atoms with Gasteiger partial charge in [-0.2, -0.15) is 4.37 Å². The average Bonchev–Trinajstić information content (AvgIpc) is 2.94. The monoisotopic (exact) mass is 366 g/mol. The SMILES string of the molecule is O=C(c1ccccc1)c1cc(Cl)ccc1N=c1ssnc1Cl. The molecule has 0 amide bonds. The quantitative estimate of drug-likeness (QED) is 0.484. The van der Waals surface area contributed by atoms with Crippen molar-refractivity contribution in [2.45, 2.75) is 0 Å². The third-order valence-electron chi connectivity index (χ3n) is 2.87. The fraction of sp³-hybridized carbons (Fsp3) is 0. The zero-order valence-electron chi connectivity index (χ0n) is 11.0. The third kappa shape index (κ3) is 3.28. The zero-order valence-corrected chi connectivity index (χ0v) is 14.1. The first-order valence-corrected chi connectivity index (χ1v) is 9.07. The standard InChI is InChI=1S/C15H8Cl2N2OS2/c16-10-6-7-12(18-15-14(17)19-22-21-15)11(8-10)13(20)9-4-2-1-3-5-9/h1-8H. The minimum atomic E-state index is -0.133. The lowest BCUT2D eigenvalue weighted by Gasteiger charge is -2.05. The molecule has 0 aliphatic carbocycles. The molecular formula is C15H8Cl2N2OS2. The van der Waals surface area contributed by atoms with Crippen molar-refractivity contribution in [3.8, 4) is 0 Å². The highest BCUT2D eigenvalue weighted by Crippen LogP contribution is 2.26. The lowest BCUT2D eigenvalue weighted by molar-refractivity contribution is 0.103. The predicted molar refractivity (Wildman–Crippen MR) is 91.6 cm³/mol. The van der Waals surface area contributed by atoms with Gasteiger partial charge in [-0.1, -0.05) is 53.5 Å². The van der Waals surface area contributed by atoms with Crippen LogP contribution in [-0.2, 0) is 0 Å². The molecule has 0 unspecified atom stereocenters. The fourth-order valence-corrected chi connectivity index (χ4v) is 4.02. The van der Waals surface area contributed by atoms with Crippen LogP contribution in [0.1, 0.15) is 15.9 Å². The Morgan fingerprint density at radius 2 is 1.86 bits per heavy atom. The Labute approximate surface area is 144 Å². The van der Waals surface area contributed by atoms with E-state index in [0.29, 0.717) is 31.7 Å². The van der Waals surface area contributed by atoms with E-state index in [1.54, 1.807) is 30.3 Å². The van der Waals surface area contributed by atoms with Crippen molar-refractivity contribution in [2.24, 2.45) is 4.99 Å². The highest BCUT2D eigenvalue weighted by atomic mass is 35.5. The van der Waals surface area contributed by atoms with Crippen LogP contribution in [0.2, 0.25) is 10.2 Å². The fourth-order valence-electron chi connectivity index (χ4n) is 1.87. The maximum absolute atomic E-state index is 12.7. The summed E-state index contributed by atoms with van der Waals surface area (Å²) < 4.78 is 4.56. The molecule has 3 rings (SSSR count). The molecule has 0 radical (unpaired) electrons. The maximum atomic E-state index is 12.7. The number of rotatable bonds is 3. The van der Waals surface area contributed by atoms with Crippen molar-refractivity contribution in [3.63, 3.8) is 0 Å². The molecule has 0 saturated heterocycles. The highest BCUT2D eigenvalue weighted by molar-refractivity contribution is 7.66. The van der Waals surface area contributed by atoms with Crippen molar-refractivity contribution in [3.05, 3.63) is 74.5 Å². The number of hydrogen-bond acceptors (Lipinski definition) is 5. The summed E-state index contributed by atoms with van der Waals surface area (Å²) in [6.07, 6.45) is 0. The van der Waals surface area contributed by atoms with E-state index in [1.165, 1.54) is 20.9 Å². The van der Waals surface area contributed by atoms with E-state index in [1.807, 2.05) is 18.2 Å². The average molecular weight is 367 g/mol. The molecule has 0 saturated carbocycles. The molecule has 0 N–H and O–H groups in total. The smallest absolute Gasteiger partial charge is 0.195 e. The van der Waals surface area contributed by atoms with Crippen molar-refractivity contribution in [1.82, 2.24) is 4.37 Å². The van der Waals surface area contributed by atoms with Gasteiger partial charge >= 0.3 is 0 Å². The van der Waals surface area contributed by atoms with Crippen LogP contribution in [0.25, 0.3) is 0 Å². The van der Waals surface area contributed by atoms with Crippen LogP contribution >= 0.6 is 44.1 Å². The molecule has 2 aromatic carbocycles. The summed E-state index contributed by atoms with van der Waals surface area (Å²) in [6, 6.07) is 14.0. The summed E-state index contributed by atoms with van der Waals surface area (Å²) in [5, 5.41) is 0.819. The van der Waals surface area contributed by atoms with Gasteiger partial charge in [-0.25, -0.2) is 4.99 Å². The lowest BCUT2D eigenvalue weighted by atomic mass is 10.0. The van der Waals surface area contributed by atoms with Crippen LogP contribution in [0.3, 0.4) is 0 Å². The van der Waals surface area contributed by atoms with Gasteiger partial charge in [0.2, 0.25) is 0 Å². The molecule has 110 valence electrons. The van der Waals surface area contributed by atoms with Gasteiger partial charge in [0, 0.05) is 26.7 Å². The molecule has 0 aliphatic heterocycles. The Kier molecular flexibility index (Phi) is 4.69. The van der Waals surface area contributed by atoms with E-state index in [4.69, 9.17) is 23.2 Å². The van der Waals surface area contributed by atoms with Crippen molar-refractivity contribution < 1.29 is 4.79 Å². The number of nitrogens with zero attached hydrogens (tertiary/aromatic N) is 2. The first-order chi connectivity index (χ1) is 10.6. The Morgan fingerprint density at radius 3 is 2.55 bits per heavy atom. The van der Waals surface area contributed by atoms with Gasteiger partial charge in [0.15, 0.2) is 15.6 Å². The van der Waals surface area contributed by atoms with E-state index in [-0.39, 0.29) is 5.78 Å². The molecule has 3 aromatic rings. The summed E-state index contributed by atoms with van der Waals surface area (Å²) >= 11 is 12.0. The molecule has 0 aliphatic rings. The van der Waals surface area contributed by atoms with Gasteiger partial charge in [0.05, 0.1) is 5.69 Å². The van der Waals surface area contributed by atoms with Gasteiger partial charge in [-0.15, -0.1) is 0 Å². The molecule has 7 heteroatoms. The largest absolute Gasteiger partial charge is 0.289 e. The van der Waals surface area contributed by atoms with Gasteiger partial charge < -0.3 is 0 Å². The second-order valence-electron chi connectivity index (χ2n) is 4.31. The molecule has 0 atom stereocenters. The molecule has 22 heavy (non-hydrogen) atoms. The molecule has 1 heterocycles. The number of hydrogen-bond donors (Lipinski definition) is 0. The minimum absolute atomic E-state index is 0.133. The first-order valence-electron chi connectivity index (χ1n) is 6.20. The van der Waals surface area contributed by atoms with Crippen molar-refractivity contribution in [1.29, 1.82) is 0 Å². The Hall–Kier alpha value is -1.53. The van der Waals surface area contributed by atoms with Crippen LogP contribution in [-0.4, -0.2) is 10.2 Å². The molecule has 1 aromatic heterocycles. The van der Waals surface area contributed by atoms with E-state index in [0.717, 1.165) is 0 Å². The third-order valence-corrected chi connectivity index (χ3v) is 5.28. The van der Waals surface area contributed by atoms with Gasteiger partial charge in [-0.3, -0.25) is 4.79 Å². The summed E-state index contributed by atoms with van der Waals surface area (Å²) in [5.41, 5.74) is 1.55. The number of benzene rings is 2. The summed E-state index contributed by atoms with van der Waals surface area (Å²) in [4.78, 5) is 17.1. The summed E-state index contributed by atoms with van der Waals surface area (Å²) in [6.45, 7) is 0. The van der Waals surface area contributed by atoms with Crippen LogP contribution in [0.5, 0.6) is 0 Å². The number of carbonyl (C=O) groups is 1. The second-order valence-corrected chi connectivity index (χ2v) is 6.94. The zero-order chi connectivity index (χ0) is 15.5. The molecule has 0 bridgehead atoms. The summed E-state index contributed by atoms with van der Waals surface area (Å²) in [7, 11) is 2.61. The lowest BCUT2D eigenvalue weighted by Crippen LogP contribution is -2.03. The van der Waals surface area contributed by atoms with Crippen LogP contribution in [0.15, 0.2) is 53.5 Å². The number of aromatic nitrogens is 1. The van der Waals surface area contributed by atoms with Crippen LogP contribution < -0.4 is 4.67 Å². The number of carbonyl (C=O) groups excluding carboxylic acids is 1. The number of ketones is 1. The number of halogens is 2. The predicted octanol–water partition coefficient (Wildman–Crippen LogP) is 4.97. The summed E-state index contributed by atoms with van der Waals surface area (Å²) in [5.74, 6) is -0.133. The van der Waals surface area contributed by atoms with E-state index in [9.17, 15) is 4.79 Å². The molecular weight excluding hydrogens is 359 g/mol. The van der Waals surface area contributed by atoms with Crippen molar-refractivity contribution >= 4 is 55.5 Å². The Bertz CT molecular complexity index is 888. The van der Waals surface area contributed by atoms with E-state index in [2.05, 4.69) is 9.37 Å². The van der Waals surface area contributed by atoms with Gasteiger partial charge in [0.1, 0.15) is 0 Å². The normalized spacial score (nSPS) is 11.6. The van der Waals surface area contributed by atoms with Gasteiger partial charge in [-0.05, 0) is 28.5 Å². The Morgan fingerprint density at radius 1 is 1.09 bits per heavy atom. The molecule has 0 fully saturated rings. The van der Waals surface area contributed by atoms with Crippen molar-refractivity contribution in [2.75, 3.05) is 0 Å². The van der Waals surface area contributed by atoms with E-state index >= 15 is 0 Å². The van der Waals surface area contributed by atoms with Gasteiger partial charge in [0.25, 0.3) is 0 Å². The second kappa shape index (κ2) is 6.71. The maximum Gasteiger partial charge on any atom is 0.195 e. The first kappa shape index (κ1) is 15.4. The van der Waals surface area contributed by atoms with Crippen LogP contribution in [0, 0.1) is 0 Å². The molecule has 3 nitrogen and oxygen atoms in total. The highest BCUT2D eigenvalue weighted by Gasteiger charge is 2.14. The van der Waals surface area contributed by atoms with E-state index < -0.39 is 0 Å². The Balaban J connectivity index is 2.14. The molecule has 0 spiro atoms. The minimum Gasteiger partial charge on any atom is -0.289 e.